The molecule has 0 radical (unpaired) electrons. The first-order valence-electron chi connectivity index (χ1n) is 8.84. The summed E-state index contributed by atoms with van der Waals surface area (Å²) in [5, 5.41) is 6.06. The molecule has 0 aliphatic rings. The molecule has 1 amide bonds. The van der Waals surface area contributed by atoms with Gasteiger partial charge in [0.15, 0.2) is 0 Å². The number of rotatable bonds is 6. The summed E-state index contributed by atoms with van der Waals surface area (Å²) < 4.78 is 13.6. The molecule has 5 heteroatoms. The minimum Gasteiger partial charge on any atom is -0.354 e. The summed E-state index contributed by atoms with van der Waals surface area (Å²) in [5.41, 5.74) is 5.06. The van der Waals surface area contributed by atoms with Crippen molar-refractivity contribution < 1.29 is 9.18 Å². The Hall–Kier alpha value is -3.21. The molecule has 4 nitrogen and oxygen atoms in total. The molecule has 3 aromatic rings. The smallest absolute Gasteiger partial charge is 0.269 e. The van der Waals surface area contributed by atoms with Gasteiger partial charge in [0, 0.05) is 12.2 Å². The van der Waals surface area contributed by atoms with Crippen LogP contribution in [0.1, 0.15) is 27.2 Å². The first-order chi connectivity index (χ1) is 13.0. The Morgan fingerprint density at radius 1 is 1.00 bits per heavy atom. The van der Waals surface area contributed by atoms with Crippen LogP contribution in [0.15, 0.2) is 60.8 Å². The number of aryl methyl sites for hydroxylation is 2. The van der Waals surface area contributed by atoms with Crippen LogP contribution in [0.5, 0.6) is 0 Å². The summed E-state index contributed by atoms with van der Waals surface area (Å²) in [6.45, 7) is 4.44. The Kier molecular flexibility index (Phi) is 5.81. The van der Waals surface area contributed by atoms with E-state index >= 15 is 0 Å². The van der Waals surface area contributed by atoms with Gasteiger partial charge < -0.3 is 10.6 Å². The van der Waals surface area contributed by atoms with Crippen molar-refractivity contribution in [1.82, 2.24) is 10.3 Å². The van der Waals surface area contributed by atoms with Crippen LogP contribution < -0.4 is 10.6 Å². The Morgan fingerprint density at radius 2 is 1.74 bits per heavy atom. The average molecular weight is 363 g/mol. The molecule has 1 aromatic heterocycles. The fourth-order valence-corrected chi connectivity index (χ4v) is 2.92. The van der Waals surface area contributed by atoms with Crippen molar-refractivity contribution in [2.75, 3.05) is 11.9 Å². The SMILES string of the molecule is Cc1cc(C)cc(Nc2ccc(C(=O)NCCc3ccccc3F)nc2)c1. The van der Waals surface area contributed by atoms with Gasteiger partial charge in [-0.1, -0.05) is 24.3 Å². The van der Waals surface area contributed by atoms with Gasteiger partial charge in [0.1, 0.15) is 11.5 Å². The van der Waals surface area contributed by atoms with E-state index in [0.29, 0.717) is 24.2 Å². The molecule has 0 saturated heterocycles. The number of carbonyl (C=O) groups is 1. The quantitative estimate of drug-likeness (QED) is 0.675. The summed E-state index contributed by atoms with van der Waals surface area (Å²) in [7, 11) is 0. The average Bonchev–Trinajstić information content (AvgIpc) is 2.63. The number of amides is 1. The monoisotopic (exact) mass is 363 g/mol. The van der Waals surface area contributed by atoms with Crippen molar-refractivity contribution >= 4 is 17.3 Å². The van der Waals surface area contributed by atoms with Crippen molar-refractivity contribution in [1.29, 1.82) is 0 Å². The van der Waals surface area contributed by atoms with Crippen molar-refractivity contribution in [3.8, 4) is 0 Å². The molecule has 0 unspecified atom stereocenters. The highest BCUT2D eigenvalue weighted by atomic mass is 19.1. The van der Waals surface area contributed by atoms with Gasteiger partial charge in [-0.3, -0.25) is 4.79 Å². The number of hydrogen-bond donors (Lipinski definition) is 2. The number of pyridine rings is 1. The van der Waals surface area contributed by atoms with Gasteiger partial charge in [-0.25, -0.2) is 9.37 Å². The maximum Gasteiger partial charge on any atom is 0.269 e. The van der Waals surface area contributed by atoms with E-state index in [1.54, 1.807) is 30.5 Å². The summed E-state index contributed by atoms with van der Waals surface area (Å²) in [4.78, 5) is 16.4. The Morgan fingerprint density at radius 3 is 2.41 bits per heavy atom. The predicted molar refractivity (Wildman–Crippen MR) is 106 cm³/mol. The van der Waals surface area contributed by atoms with Crippen LogP contribution >= 0.6 is 0 Å². The lowest BCUT2D eigenvalue weighted by atomic mass is 10.1. The van der Waals surface area contributed by atoms with Gasteiger partial charge in [-0.15, -0.1) is 0 Å². The summed E-state index contributed by atoms with van der Waals surface area (Å²) in [6.07, 6.45) is 2.06. The summed E-state index contributed by atoms with van der Waals surface area (Å²) >= 11 is 0. The van der Waals surface area contributed by atoms with E-state index in [0.717, 1.165) is 11.4 Å². The highest BCUT2D eigenvalue weighted by molar-refractivity contribution is 5.92. The Labute approximate surface area is 158 Å². The first kappa shape index (κ1) is 18.6. The number of carbonyl (C=O) groups excluding carboxylic acids is 1. The van der Waals surface area contributed by atoms with Crippen molar-refractivity contribution in [2.45, 2.75) is 20.3 Å². The molecule has 138 valence electrons. The second-order valence-corrected chi connectivity index (χ2v) is 6.53. The lowest BCUT2D eigenvalue weighted by molar-refractivity contribution is 0.0949. The molecule has 0 bridgehead atoms. The molecule has 0 aliphatic heterocycles. The Balaban J connectivity index is 1.56. The van der Waals surface area contributed by atoms with E-state index in [9.17, 15) is 9.18 Å². The van der Waals surface area contributed by atoms with Crippen LogP contribution in [0.4, 0.5) is 15.8 Å². The second-order valence-electron chi connectivity index (χ2n) is 6.53. The van der Waals surface area contributed by atoms with Crippen LogP contribution in [0.25, 0.3) is 0 Å². The largest absolute Gasteiger partial charge is 0.354 e. The van der Waals surface area contributed by atoms with Crippen LogP contribution in [-0.4, -0.2) is 17.4 Å². The third kappa shape index (κ3) is 5.14. The van der Waals surface area contributed by atoms with E-state index in [4.69, 9.17) is 0 Å². The number of nitrogens with zero attached hydrogens (tertiary/aromatic N) is 1. The van der Waals surface area contributed by atoms with Crippen molar-refractivity contribution in [3.05, 3.63) is 89.0 Å². The number of benzene rings is 2. The molecule has 3 rings (SSSR count). The van der Waals surface area contributed by atoms with Gasteiger partial charge >= 0.3 is 0 Å². The lowest BCUT2D eigenvalue weighted by Crippen LogP contribution is -2.26. The third-order valence-electron chi connectivity index (χ3n) is 4.14. The lowest BCUT2D eigenvalue weighted by Gasteiger charge is -2.09. The molecule has 0 atom stereocenters. The molecular weight excluding hydrogens is 341 g/mol. The maximum atomic E-state index is 13.6. The fraction of sp³-hybridized carbons (Fsp3) is 0.182. The minimum atomic E-state index is -0.274. The predicted octanol–water partition coefficient (Wildman–Crippen LogP) is 4.55. The molecule has 2 N–H and O–H groups in total. The number of anilines is 2. The molecule has 2 aromatic carbocycles. The minimum absolute atomic E-state index is 0.258. The summed E-state index contributed by atoms with van der Waals surface area (Å²) in [5.74, 6) is -0.532. The van der Waals surface area contributed by atoms with Gasteiger partial charge in [0.2, 0.25) is 0 Å². The summed E-state index contributed by atoms with van der Waals surface area (Å²) in [6, 6.07) is 16.3. The van der Waals surface area contributed by atoms with E-state index in [1.807, 2.05) is 19.9 Å². The highest BCUT2D eigenvalue weighted by Crippen LogP contribution is 2.19. The molecular formula is C22H22FN3O. The molecule has 1 heterocycles. The molecule has 0 saturated carbocycles. The standard InChI is InChI=1S/C22H22FN3O/c1-15-11-16(2)13-19(12-15)26-18-7-8-21(25-14-18)22(27)24-10-9-17-5-3-4-6-20(17)23/h3-8,11-14,26H,9-10H2,1-2H3,(H,24,27). The van der Waals surface area contributed by atoms with E-state index in [-0.39, 0.29) is 11.7 Å². The molecule has 0 spiro atoms. The molecule has 0 aliphatic carbocycles. The first-order valence-corrected chi connectivity index (χ1v) is 8.84. The van der Waals surface area contributed by atoms with Crippen LogP contribution in [-0.2, 0) is 6.42 Å². The zero-order valence-corrected chi connectivity index (χ0v) is 15.4. The van der Waals surface area contributed by atoms with E-state index < -0.39 is 0 Å². The van der Waals surface area contributed by atoms with E-state index in [2.05, 4.69) is 33.8 Å². The highest BCUT2D eigenvalue weighted by Gasteiger charge is 2.08. The maximum absolute atomic E-state index is 13.6. The van der Waals surface area contributed by atoms with Gasteiger partial charge in [0.25, 0.3) is 5.91 Å². The molecule has 0 fully saturated rings. The number of aromatic nitrogens is 1. The van der Waals surface area contributed by atoms with E-state index in [1.165, 1.54) is 17.2 Å². The number of hydrogen-bond acceptors (Lipinski definition) is 3. The number of nitrogens with one attached hydrogen (secondary N) is 2. The normalized spacial score (nSPS) is 10.5. The van der Waals surface area contributed by atoms with Gasteiger partial charge in [-0.2, -0.15) is 0 Å². The van der Waals surface area contributed by atoms with Crippen LogP contribution in [0, 0.1) is 19.7 Å². The third-order valence-corrected chi connectivity index (χ3v) is 4.14. The van der Waals surface area contributed by atoms with Gasteiger partial charge in [0.05, 0.1) is 11.9 Å². The topological polar surface area (TPSA) is 54.0 Å². The van der Waals surface area contributed by atoms with Gasteiger partial charge in [-0.05, 0) is 67.3 Å². The zero-order chi connectivity index (χ0) is 19.2. The zero-order valence-electron chi connectivity index (χ0n) is 15.4. The number of halogens is 1. The van der Waals surface area contributed by atoms with Crippen molar-refractivity contribution in [2.24, 2.45) is 0 Å². The van der Waals surface area contributed by atoms with Crippen molar-refractivity contribution in [3.63, 3.8) is 0 Å². The second kappa shape index (κ2) is 8.45. The molecule has 27 heavy (non-hydrogen) atoms. The fourth-order valence-electron chi connectivity index (χ4n) is 2.92. The van der Waals surface area contributed by atoms with Crippen LogP contribution in [0.2, 0.25) is 0 Å². The van der Waals surface area contributed by atoms with Crippen LogP contribution in [0.3, 0.4) is 0 Å². The Bertz CT molecular complexity index is 918.